The Bertz CT molecular complexity index is 784. The highest BCUT2D eigenvalue weighted by molar-refractivity contribution is 7.13. The van der Waals surface area contributed by atoms with Crippen LogP contribution in [0.15, 0.2) is 53.9 Å². The molecule has 22 heavy (non-hydrogen) atoms. The Balaban J connectivity index is 1.95. The van der Waals surface area contributed by atoms with Gasteiger partial charge in [-0.1, -0.05) is 36.4 Å². The summed E-state index contributed by atoms with van der Waals surface area (Å²) in [7, 11) is 0. The topological polar surface area (TPSA) is 42.4 Å². The van der Waals surface area contributed by atoms with Crippen LogP contribution in [-0.2, 0) is 0 Å². The first kappa shape index (κ1) is 13.5. The third kappa shape index (κ3) is 2.30. The first-order valence-corrected chi connectivity index (χ1v) is 8.16. The summed E-state index contributed by atoms with van der Waals surface area (Å²) in [5, 5.41) is 12.4. The Morgan fingerprint density at radius 1 is 1.14 bits per heavy atom. The quantitative estimate of drug-likeness (QED) is 0.767. The Labute approximate surface area is 132 Å². The predicted octanol–water partition coefficient (Wildman–Crippen LogP) is 4.29. The summed E-state index contributed by atoms with van der Waals surface area (Å²) < 4.78 is 5.73. The monoisotopic (exact) mass is 309 g/mol. The molecule has 3 heterocycles. The summed E-state index contributed by atoms with van der Waals surface area (Å²) in [5.41, 5.74) is 3.75. The number of aromatic nitrogens is 1. The third-order valence-electron chi connectivity index (χ3n) is 3.84. The minimum atomic E-state index is -0.516. The fourth-order valence-electron chi connectivity index (χ4n) is 2.77. The number of nitrogens with zero attached hydrogens (tertiary/aromatic N) is 1. The summed E-state index contributed by atoms with van der Waals surface area (Å²) in [5.74, 6) is 0.559. The van der Waals surface area contributed by atoms with E-state index in [2.05, 4.69) is 17.1 Å². The first-order chi connectivity index (χ1) is 10.8. The second-order valence-electron chi connectivity index (χ2n) is 5.27. The summed E-state index contributed by atoms with van der Waals surface area (Å²) in [4.78, 5) is 5.75. The van der Waals surface area contributed by atoms with Crippen molar-refractivity contribution in [3.8, 4) is 27.6 Å². The largest absolute Gasteiger partial charge is 0.477 e. The molecular weight excluding hydrogens is 294 g/mol. The molecule has 0 fully saturated rings. The van der Waals surface area contributed by atoms with E-state index in [0.717, 1.165) is 27.3 Å². The van der Waals surface area contributed by atoms with Crippen LogP contribution < -0.4 is 4.74 Å². The molecule has 0 amide bonds. The van der Waals surface area contributed by atoms with Crippen molar-refractivity contribution in [2.24, 2.45) is 0 Å². The SMILES string of the molecule is OC1CCOc2nc(-c3ccccc3)cc(-c3cccs3)c21. The number of thiophene rings is 1. The highest BCUT2D eigenvalue weighted by Crippen LogP contribution is 2.42. The number of hydrogen-bond donors (Lipinski definition) is 1. The summed E-state index contributed by atoms with van der Waals surface area (Å²) in [6, 6.07) is 16.2. The maximum atomic E-state index is 10.4. The zero-order valence-electron chi connectivity index (χ0n) is 11.9. The molecule has 0 bridgehead atoms. The number of rotatable bonds is 2. The van der Waals surface area contributed by atoms with Gasteiger partial charge in [0.05, 0.1) is 24.0 Å². The van der Waals surface area contributed by atoms with E-state index in [1.807, 2.05) is 41.8 Å². The second-order valence-corrected chi connectivity index (χ2v) is 6.22. The molecule has 1 N–H and O–H groups in total. The van der Waals surface area contributed by atoms with Crippen LogP contribution in [0.25, 0.3) is 21.7 Å². The summed E-state index contributed by atoms with van der Waals surface area (Å²) in [6.07, 6.45) is 0.0933. The lowest BCUT2D eigenvalue weighted by atomic mass is 9.97. The zero-order chi connectivity index (χ0) is 14.9. The van der Waals surface area contributed by atoms with E-state index in [1.54, 1.807) is 11.3 Å². The lowest BCUT2D eigenvalue weighted by molar-refractivity contribution is 0.112. The fourth-order valence-corrected chi connectivity index (χ4v) is 3.52. The molecule has 2 aromatic heterocycles. The van der Waals surface area contributed by atoms with Crippen molar-refractivity contribution in [3.63, 3.8) is 0 Å². The maximum absolute atomic E-state index is 10.4. The smallest absolute Gasteiger partial charge is 0.220 e. The number of aliphatic hydroxyl groups is 1. The number of aliphatic hydroxyl groups excluding tert-OH is 1. The van der Waals surface area contributed by atoms with E-state index in [0.29, 0.717) is 18.9 Å². The van der Waals surface area contributed by atoms with Gasteiger partial charge in [-0.05, 0) is 17.5 Å². The maximum Gasteiger partial charge on any atom is 0.220 e. The van der Waals surface area contributed by atoms with E-state index in [9.17, 15) is 5.11 Å². The standard InChI is InChI=1S/C18H15NO2S/c20-15-8-9-21-18-17(15)13(16-7-4-10-22-16)11-14(19-18)12-5-2-1-3-6-12/h1-7,10-11,15,20H,8-9H2. The van der Waals surface area contributed by atoms with Gasteiger partial charge in [0.25, 0.3) is 0 Å². The molecule has 110 valence electrons. The van der Waals surface area contributed by atoms with Crippen molar-refractivity contribution in [2.45, 2.75) is 12.5 Å². The van der Waals surface area contributed by atoms with Crippen LogP contribution in [0, 0.1) is 0 Å². The van der Waals surface area contributed by atoms with Gasteiger partial charge in [0.15, 0.2) is 0 Å². The number of benzene rings is 1. The van der Waals surface area contributed by atoms with Crippen LogP contribution in [0.2, 0.25) is 0 Å². The molecule has 0 saturated carbocycles. The normalized spacial score (nSPS) is 16.9. The second kappa shape index (κ2) is 5.55. The lowest BCUT2D eigenvalue weighted by Gasteiger charge is -2.24. The van der Waals surface area contributed by atoms with Gasteiger partial charge in [-0.3, -0.25) is 0 Å². The summed E-state index contributed by atoms with van der Waals surface area (Å²) in [6.45, 7) is 0.503. The van der Waals surface area contributed by atoms with Gasteiger partial charge < -0.3 is 9.84 Å². The van der Waals surface area contributed by atoms with Crippen molar-refractivity contribution in [3.05, 3.63) is 59.5 Å². The van der Waals surface area contributed by atoms with Crippen LogP contribution >= 0.6 is 11.3 Å². The first-order valence-electron chi connectivity index (χ1n) is 7.28. The van der Waals surface area contributed by atoms with Crippen molar-refractivity contribution in [1.82, 2.24) is 4.98 Å². The van der Waals surface area contributed by atoms with Crippen LogP contribution in [0.3, 0.4) is 0 Å². The minimum Gasteiger partial charge on any atom is -0.477 e. The average molecular weight is 309 g/mol. The number of ether oxygens (including phenoxy) is 1. The molecule has 1 atom stereocenters. The van der Waals surface area contributed by atoms with E-state index in [4.69, 9.17) is 4.74 Å². The third-order valence-corrected chi connectivity index (χ3v) is 4.75. The van der Waals surface area contributed by atoms with Gasteiger partial charge in [0.1, 0.15) is 0 Å². The number of hydrogen-bond acceptors (Lipinski definition) is 4. The van der Waals surface area contributed by atoms with Gasteiger partial charge in [0.2, 0.25) is 5.88 Å². The Morgan fingerprint density at radius 3 is 2.77 bits per heavy atom. The molecule has 0 saturated heterocycles. The molecule has 3 aromatic rings. The van der Waals surface area contributed by atoms with Crippen molar-refractivity contribution in [2.75, 3.05) is 6.61 Å². The van der Waals surface area contributed by atoms with Crippen LogP contribution in [0.5, 0.6) is 5.88 Å². The molecular formula is C18H15NO2S. The van der Waals surface area contributed by atoms with E-state index >= 15 is 0 Å². The van der Waals surface area contributed by atoms with Crippen LogP contribution in [0.4, 0.5) is 0 Å². The highest BCUT2D eigenvalue weighted by atomic mass is 32.1. The van der Waals surface area contributed by atoms with E-state index in [-0.39, 0.29) is 0 Å². The van der Waals surface area contributed by atoms with E-state index < -0.39 is 6.10 Å². The van der Waals surface area contributed by atoms with Crippen molar-refractivity contribution >= 4 is 11.3 Å². The zero-order valence-corrected chi connectivity index (χ0v) is 12.7. The number of pyridine rings is 1. The van der Waals surface area contributed by atoms with Gasteiger partial charge in [-0.25, -0.2) is 4.98 Å². The molecule has 0 radical (unpaired) electrons. The molecule has 1 unspecified atom stereocenters. The van der Waals surface area contributed by atoms with Crippen LogP contribution in [0.1, 0.15) is 18.1 Å². The Kier molecular flexibility index (Phi) is 3.41. The van der Waals surface area contributed by atoms with Crippen LogP contribution in [-0.4, -0.2) is 16.7 Å². The minimum absolute atomic E-state index is 0.503. The lowest BCUT2D eigenvalue weighted by Crippen LogP contribution is -2.16. The van der Waals surface area contributed by atoms with Gasteiger partial charge in [-0.15, -0.1) is 11.3 Å². The van der Waals surface area contributed by atoms with Gasteiger partial charge in [-0.2, -0.15) is 0 Å². The molecule has 3 nitrogen and oxygen atoms in total. The molecule has 4 heteroatoms. The highest BCUT2D eigenvalue weighted by Gasteiger charge is 2.26. The van der Waals surface area contributed by atoms with Gasteiger partial charge in [0, 0.05) is 22.4 Å². The fraction of sp³-hybridized carbons (Fsp3) is 0.167. The number of fused-ring (bicyclic) bond motifs is 1. The van der Waals surface area contributed by atoms with Crippen molar-refractivity contribution < 1.29 is 9.84 Å². The average Bonchev–Trinajstić information content (AvgIpc) is 3.09. The molecule has 4 rings (SSSR count). The Hall–Kier alpha value is -2.17. The Morgan fingerprint density at radius 2 is 2.00 bits per heavy atom. The van der Waals surface area contributed by atoms with E-state index in [1.165, 1.54) is 0 Å². The molecule has 1 aliphatic rings. The predicted molar refractivity (Wildman–Crippen MR) is 88.1 cm³/mol. The summed E-state index contributed by atoms with van der Waals surface area (Å²) >= 11 is 1.66. The van der Waals surface area contributed by atoms with Crippen molar-refractivity contribution in [1.29, 1.82) is 0 Å². The molecule has 0 spiro atoms. The molecule has 0 aliphatic carbocycles. The van der Waals surface area contributed by atoms with Gasteiger partial charge >= 0.3 is 0 Å². The molecule has 1 aliphatic heterocycles. The molecule has 1 aromatic carbocycles.